The van der Waals surface area contributed by atoms with Gasteiger partial charge in [-0.15, -0.1) is 0 Å². The summed E-state index contributed by atoms with van der Waals surface area (Å²) >= 11 is 3.29. The Hall–Kier alpha value is -2.48. The van der Waals surface area contributed by atoms with Crippen LogP contribution < -0.4 is 5.32 Å². The van der Waals surface area contributed by atoms with Gasteiger partial charge in [0, 0.05) is 29.3 Å². The Labute approximate surface area is 128 Å². The summed E-state index contributed by atoms with van der Waals surface area (Å²) in [6.45, 7) is 0.455. The molecule has 0 aliphatic rings. The fraction of sp³-hybridized carbons (Fsp3) is 0.0769. The molecule has 3 heterocycles. The molecule has 0 saturated carbocycles. The predicted molar refractivity (Wildman–Crippen MR) is 79.7 cm³/mol. The van der Waals surface area contributed by atoms with Crippen molar-refractivity contribution in [3.63, 3.8) is 0 Å². The maximum Gasteiger partial charge on any atom is 0.277 e. The first-order valence-corrected chi connectivity index (χ1v) is 6.94. The van der Waals surface area contributed by atoms with E-state index < -0.39 is 0 Å². The summed E-state index contributed by atoms with van der Waals surface area (Å²) in [6.07, 6.45) is 6.86. The van der Waals surface area contributed by atoms with Crippen LogP contribution in [0, 0.1) is 0 Å². The fourth-order valence-corrected chi connectivity index (χ4v) is 1.96. The Morgan fingerprint density at radius 3 is 2.86 bits per heavy atom. The van der Waals surface area contributed by atoms with Crippen LogP contribution in [0.5, 0.6) is 0 Å². The van der Waals surface area contributed by atoms with Crippen molar-refractivity contribution in [1.82, 2.24) is 24.5 Å². The van der Waals surface area contributed by atoms with Crippen LogP contribution in [0.4, 0.5) is 5.82 Å². The Morgan fingerprint density at radius 2 is 2.14 bits per heavy atom. The molecule has 0 radical (unpaired) electrons. The van der Waals surface area contributed by atoms with Crippen LogP contribution in [-0.2, 0) is 6.67 Å². The molecule has 0 unspecified atom stereocenters. The molecule has 21 heavy (non-hydrogen) atoms. The third-order valence-electron chi connectivity index (χ3n) is 2.69. The van der Waals surface area contributed by atoms with Gasteiger partial charge in [0.1, 0.15) is 12.5 Å². The van der Waals surface area contributed by atoms with Gasteiger partial charge in [-0.1, -0.05) is 0 Å². The second kappa shape index (κ2) is 5.88. The van der Waals surface area contributed by atoms with E-state index in [2.05, 4.69) is 36.4 Å². The fourth-order valence-electron chi connectivity index (χ4n) is 1.72. The van der Waals surface area contributed by atoms with Gasteiger partial charge in [0.2, 0.25) is 0 Å². The normalized spacial score (nSPS) is 10.5. The number of pyridine rings is 1. The lowest BCUT2D eigenvalue weighted by molar-refractivity contribution is 0.102. The smallest absolute Gasteiger partial charge is 0.277 e. The van der Waals surface area contributed by atoms with Gasteiger partial charge in [0.05, 0.1) is 0 Å². The number of nitrogens with one attached hydrogen (secondary N) is 1. The summed E-state index contributed by atoms with van der Waals surface area (Å²) in [5.41, 5.74) is 0.326. The highest BCUT2D eigenvalue weighted by atomic mass is 79.9. The first kappa shape index (κ1) is 13.5. The minimum atomic E-state index is -0.302. The topological polar surface area (TPSA) is 77.6 Å². The molecule has 0 fully saturated rings. The van der Waals surface area contributed by atoms with E-state index in [0.717, 1.165) is 4.47 Å². The van der Waals surface area contributed by atoms with Crippen LogP contribution >= 0.6 is 15.9 Å². The maximum atomic E-state index is 12.1. The molecule has 3 aromatic rings. The van der Waals surface area contributed by atoms with Crippen LogP contribution in [0.2, 0.25) is 0 Å². The van der Waals surface area contributed by atoms with Gasteiger partial charge in [-0.25, -0.2) is 4.98 Å². The molecular formula is C13H11BrN6O. The Bertz CT molecular complexity index is 734. The molecule has 106 valence electrons. The van der Waals surface area contributed by atoms with E-state index in [4.69, 9.17) is 0 Å². The number of nitrogens with zero attached hydrogens (tertiary/aromatic N) is 5. The zero-order chi connectivity index (χ0) is 14.7. The lowest BCUT2D eigenvalue weighted by Crippen LogP contribution is -2.15. The summed E-state index contributed by atoms with van der Waals surface area (Å²) in [5, 5.41) is 11.0. The van der Waals surface area contributed by atoms with Gasteiger partial charge in [-0.3, -0.25) is 14.2 Å². The van der Waals surface area contributed by atoms with E-state index >= 15 is 0 Å². The molecule has 1 N–H and O–H groups in total. The third-order valence-corrected chi connectivity index (χ3v) is 3.16. The minimum Gasteiger partial charge on any atom is -0.305 e. The summed E-state index contributed by atoms with van der Waals surface area (Å²) in [5.74, 6) is 0.175. The van der Waals surface area contributed by atoms with Crippen LogP contribution in [0.25, 0.3) is 0 Å². The van der Waals surface area contributed by atoms with Gasteiger partial charge in [-0.2, -0.15) is 10.2 Å². The Morgan fingerprint density at radius 1 is 1.24 bits per heavy atom. The minimum absolute atomic E-state index is 0.302. The van der Waals surface area contributed by atoms with Crippen LogP contribution in [0.3, 0.4) is 0 Å². The van der Waals surface area contributed by atoms with Crippen LogP contribution in [0.1, 0.15) is 10.5 Å². The zero-order valence-corrected chi connectivity index (χ0v) is 12.4. The number of carbonyl (C=O) groups is 1. The molecule has 0 bridgehead atoms. The second-order valence-corrected chi connectivity index (χ2v) is 5.16. The molecule has 3 rings (SSSR count). The van der Waals surface area contributed by atoms with Gasteiger partial charge in [0.15, 0.2) is 5.69 Å². The molecule has 0 aliphatic heterocycles. The zero-order valence-electron chi connectivity index (χ0n) is 10.8. The van der Waals surface area contributed by atoms with Gasteiger partial charge < -0.3 is 5.32 Å². The van der Waals surface area contributed by atoms with Crippen LogP contribution in [-0.4, -0.2) is 30.5 Å². The Balaban J connectivity index is 1.67. The van der Waals surface area contributed by atoms with Gasteiger partial charge in [-0.05, 0) is 40.2 Å². The van der Waals surface area contributed by atoms with Crippen molar-refractivity contribution in [1.29, 1.82) is 0 Å². The number of carbonyl (C=O) groups excluding carboxylic acids is 1. The molecule has 8 heteroatoms. The lowest BCUT2D eigenvalue weighted by Gasteiger charge is -2.03. The maximum absolute atomic E-state index is 12.1. The number of anilines is 1. The molecule has 0 spiro atoms. The quantitative estimate of drug-likeness (QED) is 0.783. The molecule has 7 nitrogen and oxygen atoms in total. The highest BCUT2D eigenvalue weighted by Gasteiger charge is 2.10. The number of hydrogen-bond acceptors (Lipinski definition) is 4. The van der Waals surface area contributed by atoms with E-state index in [9.17, 15) is 4.79 Å². The van der Waals surface area contributed by atoms with Crippen LogP contribution in [0.15, 0.2) is 53.5 Å². The SMILES string of the molecule is O=C(Nc1ccc(Br)cn1)c1ccn(Cn2cccn2)n1. The molecule has 3 aromatic heterocycles. The molecule has 0 aromatic carbocycles. The summed E-state index contributed by atoms with van der Waals surface area (Å²) in [4.78, 5) is 16.1. The van der Waals surface area contributed by atoms with Crippen molar-refractivity contribution in [2.75, 3.05) is 5.32 Å². The van der Waals surface area contributed by atoms with Gasteiger partial charge in [0.25, 0.3) is 5.91 Å². The monoisotopic (exact) mass is 346 g/mol. The standard InChI is InChI=1S/C13H11BrN6O/c14-10-2-3-12(15-8-10)17-13(21)11-4-7-20(18-11)9-19-6-1-5-16-19/h1-8H,9H2,(H,15,17,21). The number of aromatic nitrogens is 5. The average Bonchev–Trinajstić information content (AvgIpc) is 3.13. The van der Waals surface area contributed by atoms with Crippen molar-refractivity contribution >= 4 is 27.7 Å². The van der Waals surface area contributed by atoms with Crippen molar-refractivity contribution in [2.45, 2.75) is 6.67 Å². The average molecular weight is 347 g/mol. The summed E-state index contributed by atoms with van der Waals surface area (Å²) in [7, 11) is 0. The van der Waals surface area contributed by atoms with E-state index in [-0.39, 0.29) is 5.91 Å². The first-order valence-electron chi connectivity index (χ1n) is 6.14. The van der Waals surface area contributed by atoms with E-state index in [1.54, 1.807) is 46.2 Å². The highest BCUT2D eigenvalue weighted by Crippen LogP contribution is 2.11. The van der Waals surface area contributed by atoms with E-state index in [1.807, 2.05) is 12.3 Å². The second-order valence-electron chi connectivity index (χ2n) is 4.24. The Kier molecular flexibility index (Phi) is 3.78. The number of hydrogen-bond donors (Lipinski definition) is 1. The third kappa shape index (κ3) is 3.34. The number of halogens is 1. The van der Waals surface area contributed by atoms with E-state index in [0.29, 0.717) is 18.2 Å². The van der Waals surface area contributed by atoms with Crippen molar-refractivity contribution in [2.24, 2.45) is 0 Å². The largest absolute Gasteiger partial charge is 0.305 e. The number of rotatable bonds is 4. The van der Waals surface area contributed by atoms with Crippen molar-refractivity contribution in [3.05, 3.63) is 59.2 Å². The van der Waals surface area contributed by atoms with E-state index in [1.165, 1.54) is 0 Å². The summed E-state index contributed by atoms with van der Waals surface area (Å²) in [6, 6.07) is 7.00. The molecule has 0 atom stereocenters. The highest BCUT2D eigenvalue weighted by molar-refractivity contribution is 9.10. The van der Waals surface area contributed by atoms with Crippen molar-refractivity contribution in [3.8, 4) is 0 Å². The lowest BCUT2D eigenvalue weighted by atomic mass is 10.4. The van der Waals surface area contributed by atoms with Gasteiger partial charge >= 0.3 is 0 Å². The first-order chi connectivity index (χ1) is 10.2. The molecule has 1 amide bonds. The number of amides is 1. The predicted octanol–water partition coefficient (Wildman–Crippen LogP) is 2.00. The molecule has 0 saturated heterocycles. The molecular weight excluding hydrogens is 336 g/mol. The van der Waals surface area contributed by atoms with Crippen molar-refractivity contribution < 1.29 is 4.79 Å². The molecule has 0 aliphatic carbocycles. The summed E-state index contributed by atoms with van der Waals surface area (Å²) < 4.78 is 4.20.